The van der Waals surface area contributed by atoms with Gasteiger partial charge in [0.25, 0.3) is 0 Å². The highest BCUT2D eigenvalue weighted by molar-refractivity contribution is 6.29. The van der Waals surface area contributed by atoms with E-state index in [1.165, 1.54) is 0 Å². The lowest BCUT2D eigenvalue weighted by Crippen LogP contribution is -2.04. The maximum Gasteiger partial charge on any atom is 0.158 e. The van der Waals surface area contributed by atoms with E-state index in [1.807, 2.05) is 48.0 Å². The molecule has 5 heteroatoms. The molecule has 0 fully saturated rings. The van der Waals surface area contributed by atoms with Crippen molar-refractivity contribution in [3.63, 3.8) is 0 Å². The van der Waals surface area contributed by atoms with Gasteiger partial charge in [0.1, 0.15) is 10.8 Å². The van der Waals surface area contributed by atoms with Crippen LogP contribution < -0.4 is 0 Å². The third kappa shape index (κ3) is 2.70. The molecule has 0 unspecified atom stereocenters. The molecule has 0 spiro atoms. The zero-order chi connectivity index (χ0) is 13.9. The summed E-state index contributed by atoms with van der Waals surface area (Å²) in [6, 6.07) is 9.64. The van der Waals surface area contributed by atoms with Gasteiger partial charge in [0.2, 0.25) is 0 Å². The first-order valence-corrected chi connectivity index (χ1v) is 6.66. The summed E-state index contributed by atoms with van der Waals surface area (Å²) in [6.45, 7) is 2.62. The van der Waals surface area contributed by atoms with Crippen LogP contribution in [0.2, 0.25) is 5.15 Å². The van der Waals surface area contributed by atoms with E-state index in [4.69, 9.17) is 11.6 Å². The van der Waals surface area contributed by atoms with Crippen LogP contribution in [0.15, 0.2) is 48.9 Å². The second-order valence-electron chi connectivity index (χ2n) is 4.55. The summed E-state index contributed by atoms with van der Waals surface area (Å²) in [4.78, 5) is 13.0. The SMILES string of the molecule is Cc1cc(Cl)nc(Cn2ccnc2-c2ccccn2)c1. The quantitative estimate of drug-likeness (QED) is 0.693. The zero-order valence-corrected chi connectivity index (χ0v) is 11.7. The minimum atomic E-state index is 0.513. The van der Waals surface area contributed by atoms with Crippen molar-refractivity contribution in [3.8, 4) is 11.5 Å². The molecule has 0 aliphatic rings. The van der Waals surface area contributed by atoms with Gasteiger partial charge in [-0.05, 0) is 36.8 Å². The molecule has 20 heavy (non-hydrogen) atoms. The van der Waals surface area contributed by atoms with Gasteiger partial charge in [0, 0.05) is 18.6 Å². The monoisotopic (exact) mass is 284 g/mol. The van der Waals surface area contributed by atoms with Crippen LogP contribution in [0.5, 0.6) is 0 Å². The first-order valence-electron chi connectivity index (χ1n) is 6.28. The first-order chi connectivity index (χ1) is 9.72. The fraction of sp³-hybridized carbons (Fsp3) is 0.133. The van der Waals surface area contributed by atoms with Crippen LogP contribution in [0.1, 0.15) is 11.3 Å². The molecule has 0 saturated heterocycles. The van der Waals surface area contributed by atoms with Gasteiger partial charge in [0.15, 0.2) is 5.82 Å². The molecule has 0 radical (unpaired) electrons. The van der Waals surface area contributed by atoms with Crippen molar-refractivity contribution < 1.29 is 0 Å². The summed E-state index contributed by atoms with van der Waals surface area (Å²) >= 11 is 6.00. The van der Waals surface area contributed by atoms with E-state index in [-0.39, 0.29) is 0 Å². The van der Waals surface area contributed by atoms with Crippen LogP contribution in [0.4, 0.5) is 0 Å². The van der Waals surface area contributed by atoms with E-state index in [0.29, 0.717) is 11.7 Å². The first kappa shape index (κ1) is 12.8. The third-order valence-corrected chi connectivity index (χ3v) is 3.13. The molecule has 0 N–H and O–H groups in total. The lowest BCUT2D eigenvalue weighted by atomic mass is 10.2. The molecular formula is C15H13ClN4. The number of hydrogen-bond donors (Lipinski definition) is 0. The Balaban J connectivity index is 1.94. The van der Waals surface area contributed by atoms with E-state index in [9.17, 15) is 0 Å². The lowest BCUT2D eigenvalue weighted by Gasteiger charge is -2.08. The van der Waals surface area contributed by atoms with E-state index in [0.717, 1.165) is 22.8 Å². The largest absolute Gasteiger partial charge is 0.324 e. The molecule has 0 saturated carbocycles. The number of pyridine rings is 2. The minimum absolute atomic E-state index is 0.513. The highest BCUT2D eigenvalue weighted by atomic mass is 35.5. The molecule has 3 rings (SSSR count). The molecule has 3 aromatic heterocycles. The summed E-state index contributed by atoms with van der Waals surface area (Å²) in [5.41, 5.74) is 2.85. The fourth-order valence-corrected chi connectivity index (χ4v) is 2.40. The molecule has 0 bridgehead atoms. The van der Waals surface area contributed by atoms with Crippen molar-refractivity contribution >= 4 is 11.6 Å². The summed E-state index contributed by atoms with van der Waals surface area (Å²) in [6.07, 6.45) is 5.44. The Morgan fingerprint density at radius 2 is 2.05 bits per heavy atom. The number of aryl methyl sites for hydroxylation is 1. The van der Waals surface area contributed by atoms with Crippen LogP contribution in [0.3, 0.4) is 0 Å². The lowest BCUT2D eigenvalue weighted by molar-refractivity contribution is 0.778. The van der Waals surface area contributed by atoms with Gasteiger partial charge >= 0.3 is 0 Å². The molecule has 0 aliphatic carbocycles. The molecule has 4 nitrogen and oxygen atoms in total. The predicted octanol–water partition coefficient (Wildman–Crippen LogP) is 3.35. The van der Waals surface area contributed by atoms with Gasteiger partial charge in [-0.3, -0.25) is 4.98 Å². The minimum Gasteiger partial charge on any atom is -0.324 e. The number of halogens is 1. The Morgan fingerprint density at radius 1 is 1.15 bits per heavy atom. The van der Waals surface area contributed by atoms with Crippen LogP contribution in [-0.4, -0.2) is 19.5 Å². The van der Waals surface area contributed by atoms with Crippen molar-refractivity contribution in [2.45, 2.75) is 13.5 Å². The number of aromatic nitrogens is 4. The van der Waals surface area contributed by atoms with Crippen molar-refractivity contribution in [1.29, 1.82) is 0 Å². The van der Waals surface area contributed by atoms with Gasteiger partial charge in [-0.2, -0.15) is 0 Å². The third-order valence-electron chi connectivity index (χ3n) is 2.93. The van der Waals surface area contributed by atoms with Gasteiger partial charge in [-0.25, -0.2) is 9.97 Å². The molecular weight excluding hydrogens is 272 g/mol. The van der Waals surface area contributed by atoms with Crippen LogP contribution in [0.25, 0.3) is 11.5 Å². The molecule has 0 amide bonds. The van der Waals surface area contributed by atoms with Gasteiger partial charge in [-0.15, -0.1) is 0 Å². The van der Waals surface area contributed by atoms with Crippen LogP contribution in [0, 0.1) is 6.92 Å². The predicted molar refractivity (Wildman–Crippen MR) is 78.5 cm³/mol. The summed E-state index contributed by atoms with van der Waals surface area (Å²) in [7, 11) is 0. The van der Waals surface area contributed by atoms with E-state index >= 15 is 0 Å². The number of imidazole rings is 1. The van der Waals surface area contributed by atoms with Gasteiger partial charge < -0.3 is 4.57 Å². The molecule has 100 valence electrons. The Kier molecular flexibility index (Phi) is 3.48. The summed E-state index contributed by atoms with van der Waals surface area (Å²) in [5.74, 6) is 0.824. The highest BCUT2D eigenvalue weighted by Crippen LogP contribution is 2.17. The maximum atomic E-state index is 6.00. The average Bonchev–Trinajstić information content (AvgIpc) is 2.86. The molecule has 0 aromatic carbocycles. The number of nitrogens with zero attached hydrogens (tertiary/aromatic N) is 4. The second-order valence-corrected chi connectivity index (χ2v) is 4.94. The number of rotatable bonds is 3. The number of hydrogen-bond acceptors (Lipinski definition) is 3. The summed E-state index contributed by atoms with van der Waals surface area (Å²) < 4.78 is 2.01. The van der Waals surface area contributed by atoms with Crippen molar-refractivity contribution in [3.05, 3.63) is 65.3 Å². The second kappa shape index (κ2) is 5.43. The molecule has 0 aliphatic heterocycles. The van der Waals surface area contributed by atoms with Crippen molar-refractivity contribution in [2.75, 3.05) is 0 Å². The molecule has 3 heterocycles. The smallest absolute Gasteiger partial charge is 0.158 e. The van der Waals surface area contributed by atoms with Crippen LogP contribution in [-0.2, 0) is 6.54 Å². The average molecular weight is 285 g/mol. The van der Waals surface area contributed by atoms with Crippen LogP contribution >= 0.6 is 11.6 Å². The Hall–Kier alpha value is -2.20. The Morgan fingerprint density at radius 3 is 2.80 bits per heavy atom. The van der Waals surface area contributed by atoms with Gasteiger partial charge in [0.05, 0.1) is 12.2 Å². The normalized spacial score (nSPS) is 10.7. The highest BCUT2D eigenvalue weighted by Gasteiger charge is 2.08. The van der Waals surface area contributed by atoms with Crippen molar-refractivity contribution in [1.82, 2.24) is 19.5 Å². The van der Waals surface area contributed by atoms with E-state index in [1.54, 1.807) is 12.4 Å². The van der Waals surface area contributed by atoms with Gasteiger partial charge in [-0.1, -0.05) is 17.7 Å². The fourth-order valence-electron chi connectivity index (χ4n) is 2.11. The topological polar surface area (TPSA) is 43.6 Å². The van der Waals surface area contributed by atoms with E-state index in [2.05, 4.69) is 15.0 Å². The van der Waals surface area contributed by atoms with E-state index < -0.39 is 0 Å². The standard InChI is InChI=1S/C15H13ClN4/c1-11-8-12(19-14(16)9-11)10-20-7-6-18-15(20)13-4-2-3-5-17-13/h2-9H,10H2,1H3. The molecule has 0 atom stereocenters. The van der Waals surface area contributed by atoms with Crippen molar-refractivity contribution in [2.24, 2.45) is 0 Å². The summed E-state index contributed by atoms with van der Waals surface area (Å²) in [5, 5.41) is 0.513. The Bertz CT molecular complexity index is 701. The molecule has 3 aromatic rings. The maximum absolute atomic E-state index is 6.00. The zero-order valence-electron chi connectivity index (χ0n) is 11.0. The Labute approximate surface area is 122 Å².